The molecule has 0 spiro atoms. The Kier molecular flexibility index (Phi) is 3.40. The van der Waals surface area contributed by atoms with Crippen molar-refractivity contribution in [2.45, 2.75) is 24.9 Å². The van der Waals surface area contributed by atoms with Gasteiger partial charge in [-0.2, -0.15) is 0 Å². The molecule has 2 rings (SSSR count). The quantitative estimate of drug-likeness (QED) is 0.742. The molecule has 2 N–H and O–H groups in total. The summed E-state index contributed by atoms with van der Waals surface area (Å²) in [5.74, 6) is -4.04. The van der Waals surface area contributed by atoms with Crippen LogP contribution < -0.4 is 5.32 Å². The molecule has 2 nitrogen and oxygen atoms in total. The molecule has 0 bridgehead atoms. The van der Waals surface area contributed by atoms with Crippen LogP contribution >= 0.6 is 0 Å². The van der Waals surface area contributed by atoms with E-state index in [0.717, 1.165) is 18.7 Å². The van der Waals surface area contributed by atoms with Gasteiger partial charge in [-0.25, -0.2) is 13.2 Å². The summed E-state index contributed by atoms with van der Waals surface area (Å²) in [6.45, 7) is 1.25. The van der Waals surface area contributed by atoms with Crippen LogP contribution in [0.4, 0.5) is 13.2 Å². The van der Waals surface area contributed by atoms with E-state index in [4.69, 9.17) is 0 Å². The highest BCUT2D eigenvalue weighted by Gasteiger charge is 2.34. The van der Waals surface area contributed by atoms with Crippen molar-refractivity contribution in [2.75, 3.05) is 13.1 Å². The number of aliphatic hydroxyl groups is 1. The fourth-order valence-electron chi connectivity index (χ4n) is 2.21. The Hall–Kier alpha value is -1.07. The van der Waals surface area contributed by atoms with E-state index < -0.39 is 23.1 Å². The Labute approximate surface area is 97.5 Å². The van der Waals surface area contributed by atoms with Gasteiger partial charge in [0, 0.05) is 5.56 Å². The minimum absolute atomic E-state index is 0.153. The monoisotopic (exact) mass is 245 g/mol. The standard InChI is InChI=1S/C12H14F3NO/c13-9-3-2-8(10(14)11(9)15)12(17)4-1-6-16-7-5-12/h2-3,16-17H,1,4-7H2. The van der Waals surface area contributed by atoms with E-state index in [0.29, 0.717) is 19.4 Å². The first kappa shape index (κ1) is 12.4. The van der Waals surface area contributed by atoms with E-state index in [9.17, 15) is 18.3 Å². The number of halogens is 3. The van der Waals surface area contributed by atoms with Gasteiger partial charge < -0.3 is 10.4 Å². The lowest BCUT2D eigenvalue weighted by Gasteiger charge is -2.27. The lowest BCUT2D eigenvalue weighted by atomic mass is 9.86. The van der Waals surface area contributed by atoms with Crippen LogP contribution in [0.2, 0.25) is 0 Å². The second-order valence-corrected chi connectivity index (χ2v) is 4.36. The maximum absolute atomic E-state index is 13.6. The first-order valence-corrected chi connectivity index (χ1v) is 5.62. The van der Waals surface area contributed by atoms with Gasteiger partial charge >= 0.3 is 0 Å². The number of nitrogens with one attached hydrogen (secondary N) is 1. The molecule has 0 saturated carbocycles. The molecular formula is C12H14F3NO. The first-order chi connectivity index (χ1) is 8.04. The van der Waals surface area contributed by atoms with E-state index in [1.165, 1.54) is 0 Å². The third-order valence-electron chi connectivity index (χ3n) is 3.20. The summed E-state index contributed by atoms with van der Waals surface area (Å²) in [5, 5.41) is 13.4. The van der Waals surface area contributed by atoms with Crippen LogP contribution in [0.5, 0.6) is 0 Å². The molecular weight excluding hydrogens is 231 g/mol. The van der Waals surface area contributed by atoms with Crippen molar-refractivity contribution in [3.05, 3.63) is 35.1 Å². The predicted molar refractivity (Wildman–Crippen MR) is 56.9 cm³/mol. The van der Waals surface area contributed by atoms with Gasteiger partial charge in [-0.1, -0.05) is 6.07 Å². The van der Waals surface area contributed by atoms with Gasteiger partial charge in [0.15, 0.2) is 17.5 Å². The lowest BCUT2D eigenvalue weighted by molar-refractivity contribution is 0.0197. The van der Waals surface area contributed by atoms with Crippen LogP contribution in [0.25, 0.3) is 0 Å². The molecule has 1 aromatic rings. The van der Waals surface area contributed by atoms with E-state index in [1.54, 1.807) is 0 Å². The Morgan fingerprint density at radius 3 is 2.59 bits per heavy atom. The highest BCUT2D eigenvalue weighted by molar-refractivity contribution is 5.26. The second-order valence-electron chi connectivity index (χ2n) is 4.36. The molecule has 17 heavy (non-hydrogen) atoms. The summed E-state index contributed by atoms with van der Waals surface area (Å²) in [7, 11) is 0. The molecule has 5 heteroatoms. The van der Waals surface area contributed by atoms with Crippen molar-refractivity contribution in [3.8, 4) is 0 Å². The van der Waals surface area contributed by atoms with Crippen molar-refractivity contribution in [2.24, 2.45) is 0 Å². The highest BCUT2D eigenvalue weighted by atomic mass is 19.2. The zero-order valence-corrected chi connectivity index (χ0v) is 9.27. The molecule has 0 aromatic heterocycles. The third kappa shape index (κ3) is 2.30. The Balaban J connectivity index is 2.41. The van der Waals surface area contributed by atoms with Gasteiger partial charge in [0.2, 0.25) is 0 Å². The molecule has 1 saturated heterocycles. The molecule has 1 atom stereocenters. The van der Waals surface area contributed by atoms with Crippen LogP contribution in [0.1, 0.15) is 24.8 Å². The molecule has 1 heterocycles. The van der Waals surface area contributed by atoms with Crippen LogP contribution in [-0.2, 0) is 5.60 Å². The minimum atomic E-state index is -1.52. The summed E-state index contributed by atoms with van der Waals surface area (Å²) in [4.78, 5) is 0. The van der Waals surface area contributed by atoms with Gasteiger partial charge in [0.05, 0.1) is 5.60 Å². The molecule has 0 radical (unpaired) electrons. The van der Waals surface area contributed by atoms with Crippen LogP contribution in [0.15, 0.2) is 12.1 Å². The van der Waals surface area contributed by atoms with Gasteiger partial charge in [0.1, 0.15) is 0 Å². The van der Waals surface area contributed by atoms with Crippen molar-refractivity contribution in [1.82, 2.24) is 5.32 Å². The number of hydrogen-bond acceptors (Lipinski definition) is 2. The predicted octanol–water partition coefficient (Wildman–Crippen LogP) is 2.06. The largest absolute Gasteiger partial charge is 0.385 e. The second kappa shape index (κ2) is 4.66. The zero-order valence-electron chi connectivity index (χ0n) is 9.27. The van der Waals surface area contributed by atoms with Crippen molar-refractivity contribution < 1.29 is 18.3 Å². The lowest BCUT2D eigenvalue weighted by Crippen LogP contribution is -2.29. The Morgan fingerprint density at radius 2 is 1.82 bits per heavy atom. The average molecular weight is 245 g/mol. The Morgan fingerprint density at radius 1 is 1.06 bits per heavy atom. The number of rotatable bonds is 1. The van der Waals surface area contributed by atoms with Crippen LogP contribution in [-0.4, -0.2) is 18.2 Å². The Bertz CT molecular complexity index is 414. The first-order valence-electron chi connectivity index (χ1n) is 5.62. The van der Waals surface area contributed by atoms with Crippen molar-refractivity contribution in [1.29, 1.82) is 0 Å². The third-order valence-corrected chi connectivity index (χ3v) is 3.20. The van der Waals surface area contributed by atoms with Gasteiger partial charge in [-0.05, 0) is 38.4 Å². The van der Waals surface area contributed by atoms with Crippen molar-refractivity contribution in [3.63, 3.8) is 0 Å². The fraction of sp³-hybridized carbons (Fsp3) is 0.500. The topological polar surface area (TPSA) is 32.3 Å². The van der Waals surface area contributed by atoms with E-state index in [-0.39, 0.29) is 12.0 Å². The van der Waals surface area contributed by atoms with Crippen LogP contribution in [0.3, 0.4) is 0 Å². The average Bonchev–Trinajstić information content (AvgIpc) is 2.52. The smallest absolute Gasteiger partial charge is 0.194 e. The summed E-state index contributed by atoms with van der Waals surface area (Å²) in [6, 6.07) is 1.98. The van der Waals surface area contributed by atoms with Gasteiger partial charge in [-0.3, -0.25) is 0 Å². The van der Waals surface area contributed by atoms with Crippen molar-refractivity contribution >= 4 is 0 Å². The summed E-state index contributed by atoms with van der Waals surface area (Å²) < 4.78 is 39.6. The van der Waals surface area contributed by atoms with Crippen LogP contribution in [0, 0.1) is 17.5 Å². The maximum Gasteiger partial charge on any atom is 0.194 e. The van der Waals surface area contributed by atoms with Gasteiger partial charge in [-0.15, -0.1) is 0 Å². The maximum atomic E-state index is 13.6. The number of benzene rings is 1. The highest BCUT2D eigenvalue weighted by Crippen LogP contribution is 2.34. The molecule has 1 unspecified atom stereocenters. The molecule has 0 aliphatic carbocycles. The molecule has 1 aliphatic heterocycles. The van der Waals surface area contributed by atoms with E-state index >= 15 is 0 Å². The summed E-state index contributed by atoms with van der Waals surface area (Å²) >= 11 is 0. The van der Waals surface area contributed by atoms with E-state index in [1.807, 2.05) is 0 Å². The number of hydrogen-bond donors (Lipinski definition) is 2. The fourth-order valence-corrected chi connectivity index (χ4v) is 2.21. The summed E-state index contributed by atoms with van der Waals surface area (Å²) in [6.07, 6.45) is 1.28. The SMILES string of the molecule is OC1(c2ccc(F)c(F)c2F)CCCNCC1. The molecule has 1 aromatic carbocycles. The van der Waals surface area contributed by atoms with Gasteiger partial charge in [0.25, 0.3) is 0 Å². The normalized spacial score (nSPS) is 25.6. The van der Waals surface area contributed by atoms with E-state index in [2.05, 4.69) is 5.32 Å². The molecule has 94 valence electrons. The zero-order chi connectivity index (χ0) is 12.5. The summed E-state index contributed by atoms with van der Waals surface area (Å²) in [5.41, 5.74) is -1.57. The molecule has 1 aliphatic rings. The minimum Gasteiger partial charge on any atom is -0.385 e. The molecule has 1 fully saturated rings. The molecule has 0 amide bonds.